The van der Waals surface area contributed by atoms with Crippen LogP contribution in [0.4, 0.5) is 0 Å². The number of aliphatic hydroxyl groups is 1. The van der Waals surface area contributed by atoms with E-state index in [-0.39, 0.29) is 42.5 Å². The van der Waals surface area contributed by atoms with Crippen LogP contribution in [0.25, 0.3) is 0 Å². The molecule has 0 aromatic heterocycles. The minimum Gasteiger partial charge on any atom is -0.508 e. The van der Waals surface area contributed by atoms with Gasteiger partial charge in [0, 0.05) is 42.9 Å². The largest absolute Gasteiger partial charge is 0.508 e. The van der Waals surface area contributed by atoms with E-state index in [1.54, 1.807) is 59.3 Å². The number of nitrogens with zero attached hydrogens (tertiary/aromatic N) is 2. The average Bonchev–Trinajstić information content (AvgIpc) is 3.05. The monoisotopic (exact) mass is 626 g/mol. The first kappa shape index (κ1) is 35.8. The van der Waals surface area contributed by atoms with Crippen molar-refractivity contribution in [3.8, 4) is 17.6 Å². The fraction of sp³-hybridized carbons (Fsp3) is 0.378. The maximum absolute atomic E-state index is 13.8. The van der Waals surface area contributed by atoms with E-state index < -0.39 is 18.1 Å². The Labute approximate surface area is 272 Å². The fourth-order valence-corrected chi connectivity index (χ4v) is 5.16. The Balaban J connectivity index is 1.85. The van der Waals surface area contributed by atoms with Gasteiger partial charge in [-0.25, -0.2) is 5.01 Å². The van der Waals surface area contributed by atoms with Crippen LogP contribution in [0, 0.1) is 11.8 Å². The molecule has 3 rings (SSSR count). The molecular weight excluding hydrogens is 580 g/mol. The SMILES string of the molecule is CC#Cc1cc(C(=O)NC(Cc2ccc(O)cc2)C(O)CN(CC)NC(=O)Cc2ccccc2)cc(C(=O)N(CCC)CCC)c1. The van der Waals surface area contributed by atoms with Crippen molar-refractivity contribution in [2.75, 3.05) is 26.2 Å². The molecule has 3 aromatic rings. The number of carbonyl (C=O) groups is 3. The number of hydrazine groups is 1. The lowest BCUT2D eigenvalue weighted by molar-refractivity contribution is -0.125. The van der Waals surface area contributed by atoms with E-state index >= 15 is 0 Å². The molecule has 2 atom stereocenters. The van der Waals surface area contributed by atoms with E-state index in [0.29, 0.717) is 30.8 Å². The maximum Gasteiger partial charge on any atom is 0.253 e. The third-order valence-electron chi connectivity index (χ3n) is 7.44. The zero-order valence-electron chi connectivity index (χ0n) is 27.3. The standard InChI is InChI=1S/C37H46N4O5/c1-5-12-29-21-30(25-31(22-29)37(46)40(19-6-2)20-7-3)36(45)38-33(23-28-15-17-32(42)18-16-28)34(43)26-41(8-4)39-35(44)24-27-13-10-9-11-14-27/h9-11,13-18,21-22,25,33-34,42-43H,6-8,19-20,23-24,26H2,1-4H3,(H,38,45)(H,39,44). The molecule has 2 unspecified atom stereocenters. The van der Waals surface area contributed by atoms with Crippen LogP contribution in [0.1, 0.15) is 77.9 Å². The van der Waals surface area contributed by atoms with E-state index in [2.05, 4.69) is 22.6 Å². The number of carbonyl (C=O) groups excluding carboxylic acids is 3. The van der Waals surface area contributed by atoms with Crippen LogP contribution in [0.3, 0.4) is 0 Å². The van der Waals surface area contributed by atoms with Crippen LogP contribution in [-0.4, -0.2) is 76.2 Å². The molecule has 46 heavy (non-hydrogen) atoms. The van der Waals surface area contributed by atoms with Crippen molar-refractivity contribution < 1.29 is 24.6 Å². The van der Waals surface area contributed by atoms with E-state index in [9.17, 15) is 24.6 Å². The first-order valence-corrected chi connectivity index (χ1v) is 15.9. The van der Waals surface area contributed by atoms with Crippen LogP contribution in [0.5, 0.6) is 5.75 Å². The lowest BCUT2D eigenvalue weighted by Crippen LogP contribution is -2.53. The van der Waals surface area contributed by atoms with Gasteiger partial charge in [0.25, 0.3) is 11.8 Å². The first-order valence-electron chi connectivity index (χ1n) is 15.9. The van der Waals surface area contributed by atoms with Gasteiger partial charge in [-0.3, -0.25) is 19.8 Å². The molecule has 0 aliphatic heterocycles. The summed E-state index contributed by atoms with van der Waals surface area (Å²) in [6, 6.07) is 20.1. The van der Waals surface area contributed by atoms with Gasteiger partial charge in [0.05, 0.1) is 18.6 Å². The number of hydrogen-bond donors (Lipinski definition) is 4. The predicted molar refractivity (Wildman–Crippen MR) is 180 cm³/mol. The summed E-state index contributed by atoms with van der Waals surface area (Å²) in [6.07, 6.45) is 0.980. The molecule has 3 amide bonds. The van der Waals surface area contributed by atoms with Gasteiger partial charge in [-0.15, -0.1) is 5.92 Å². The fourth-order valence-electron chi connectivity index (χ4n) is 5.16. The number of rotatable bonds is 16. The van der Waals surface area contributed by atoms with Gasteiger partial charge < -0.3 is 20.4 Å². The number of phenols is 1. The molecule has 0 saturated heterocycles. The summed E-state index contributed by atoms with van der Waals surface area (Å²) in [5.74, 6) is 5.07. The normalized spacial score (nSPS) is 12.0. The number of phenolic OH excluding ortho intramolecular Hbond substituents is 1. The molecule has 0 spiro atoms. The van der Waals surface area contributed by atoms with Gasteiger partial charge in [0.15, 0.2) is 0 Å². The highest BCUT2D eigenvalue weighted by Crippen LogP contribution is 2.17. The second-order valence-corrected chi connectivity index (χ2v) is 11.2. The highest BCUT2D eigenvalue weighted by molar-refractivity contribution is 6.00. The van der Waals surface area contributed by atoms with Gasteiger partial charge in [0.1, 0.15) is 5.75 Å². The molecule has 244 valence electrons. The molecule has 0 heterocycles. The number of benzene rings is 3. The molecule has 9 heteroatoms. The molecule has 4 N–H and O–H groups in total. The highest BCUT2D eigenvalue weighted by Gasteiger charge is 2.26. The van der Waals surface area contributed by atoms with Crippen molar-refractivity contribution >= 4 is 17.7 Å². The zero-order valence-corrected chi connectivity index (χ0v) is 27.3. The van der Waals surface area contributed by atoms with Crippen LogP contribution in [0.2, 0.25) is 0 Å². The molecule has 0 bridgehead atoms. The lowest BCUT2D eigenvalue weighted by atomic mass is 9.99. The predicted octanol–water partition coefficient (Wildman–Crippen LogP) is 4.32. The van der Waals surface area contributed by atoms with E-state index in [4.69, 9.17) is 0 Å². The van der Waals surface area contributed by atoms with E-state index in [1.807, 2.05) is 51.1 Å². The summed E-state index contributed by atoms with van der Waals surface area (Å²) in [6.45, 7) is 9.27. The quantitative estimate of drug-likeness (QED) is 0.139. The summed E-state index contributed by atoms with van der Waals surface area (Å²) >= 11 is 0. The van der Waals surface area contributed by atoms with Gasteiger partial charge in [-0.2, -0.15) is 0 Å². The zero-order chi connectivity index (χ0) is 33.5. The van der Waals surface area contributed by atoms with Crippen molar-refractivity contribution in [1.29, 1.82) is 0 Å². The minimum absolute atomic E-state index is 0.0497. The second kappa shape index (κ2) is 18.4. The highest BCUT2D eigenvalue weighted by atomic mass is 16.3. The number of amides is 3. The Hall–Kier alpha value is -4.65. The van der Waals surface area contributed by atoms with Gasteiger partial charge in [0.2, 0.25) is 5.91 Å². The number of aliphatic hydroxyl groups excluding tert-OH is 1. The van der Waals surface area contributed by atoms with Crippen molar-refractivity contribution in [3.63, 3.8) is 0 Å². The molecule has 9 nitrogen and oxygen atoms in total. The first-order chi connectivity index (χ1) is 22.2. The lowest BCUT2D eigenvalue weighted by Gasteiger charge is -2.30. The number of aromatic hydroxyl groups is 1. The van der Waals surface area contributed by atoms with Crippen LogP contribution in [0.15, 0.2) is 72.8 Å². The van der Waals surface area contributed by atoms with Crippen LogP contribution in [-0.2, 0) is 17.6 Å². The van der Waals surface area contributed by atoms with E-state index in [1.165, 1.54) is 0 Å². The summed E-state index contributed by atoms with van der Waals surface area (Å²) in [5.41, 5.74) is 5.69. The molecule has 0 saturated carbocycles. The number of nitrogens with one attached hydrogen (secondary N) is 2. The summed E-state index contributed by atoms with van der Waals surface area (Å²) in [5, 5.41) is 25.8. The van der Waals surface area contributed by atoms with Crippen molar-refractivity contribution in [2.24, 2.45) is 0 Å². The van der Waals surface area contributed by atoms with Gasteiger partial charge in [-0.05, 0) is 67.6 Å². The Bertz CT molecular complexity index is 1490. The van der Waals surface area contributed by atoms with Crippen LogP contribution >= 0.6 is 0 Å². The number of hydrogen-bond acceptors (Lipinski definition) is 6. The average molecular weight is 627 g/mol. The van der Waals surface area contributed by atoms with E-state index in [0.717, 1.165) is 24.0 Å². The Morgan fingerprint density at radius 2 is 1.52 bits per heavy atom. The molecular formula is C37H46N4O5. The van der Waals surface area contributed by atoms with Crippen LogP contribution < -0.4 is 10.7 Å². The summed E-state index contributed by atoms with van der Waals surface area (Å²) < 4.78 is 0. The molecule has 0 aliphatic rings. The third-order valence-corrected chi connectivity index (χ3v) is 7.44. The molecule has 3 aromatic carbocycles. The summed E-state index contributed by atoms with van der Waals surface area (Å²) in [7, 11) is 0. The minimum atomic E-state index is -1.08. The smallest absolute Gasteiger partial charge is 0.253 e. The third kappa shape index (κ3) is 11.1. The second-order valence-electron chi connectivity index (χ2n) is 11.2. The Morgan fingerprint density at radius 1 is 0.870 bits per heavy atom. The van der Waals surface area contributed by atoms with Crippen molar-refractivity contribution in [1.82, 2.24) is 20.7 Å². The number of likely N-dealkylation sites (N-methyl/N-ethyl adjacent to an activating group) is 1. The molecule has 0 fully saturated rings. The van der Waals surface area contributed by atoms with Crippen molar-refractivity contribution in [3.05, 3.63) is 101 Å². The topological polar surface area (TPSA) is 122 Å². The Kier molecular flexibility index (Phi) is 14.3. The van der Waals surface area contributed by atoms with Crippen molar-refractivity contribution in [2.45, 2.75) is 65.5 Å². The molecule has 0 radical (unpaired) electrons. The molecule has 0 aliphatic carbocycles. The Morgan fingerprint density at radius 3 is 2.13 bits per heavy atom. The van der Waals surface area contributed by atoms with Gasteiger partial charge in [-0.1, -0.05) is 69.2 Å². The summed E-state index contributed by atoms with van der Waals surface area (Å²) in [4.78, 5) is 41.8. The maximum atomic E-state index is 13.8. The van der Waals surface area contributed by atoms with Gasteiger partial charge >= 0.3 is 0 Å².